The monoisotopic (exact) mass is 294 g/mol. The maximum atomic E-state index is 12.3. The fourth-order valence-corrected chi connectivity index (χ4v) is 1.96. The van der Waals surface area contributed by atoms with Crippen molar-refractivity contribution in [1.29, 1.82) is 0 Å². The number of hydrogen-bond acceptors (Lipinski definition) is 4. The summed E-state index contributed by atoms with van der Waals surface area (Å²) in [4.78, 5) is 12.3. The number of methoxy groups -OCH3 is 2. The van der Waals surface area contributed by atoms with Crippen LogP contribution in [0.15, 0.2) is 18.2 Å². The van der Waals surface area contributed by atoms with Crippen LogP contribution in [-0.2, 0) is 9.47 Å². The van der Waals surface area contributed by atoms with Crippen LogP contribution in [0.2, 0.25) is 0 Å². The number of benzene rings is 1. The van der Waals surface area contributed by atoms with E-state index in [9.17, 15) is 4.79 Å². The second-order valence-corrected chi connectivity index (χ2v) is 5.00. The summed E-state index contributed by atoms with van der Waals surface area (Å²) < 4.78 is 10.3. The highest BCUT2D eigenvalue weighted by atomic mass is 16.5. The fraction of sp³-hybridized carbons (Fsp3) is 0.562. The lowest BCUT2D eigenvalue weighted by Crippen LogP contribution is -2.35. The molecular formula is C16H26N2O3. The van der Waals surface area contributed by atoms with Gasteiger partial charge in [-0.3, -0.25) is 4.79 Å². The third-order valence-electron chi connectivity index (χ3n) is 3.16. The van der Waals surface area contributed by atoms with Crippen LogP contribution in [-0.4, -0.2) is 45.9 Å². The maximum Gasteiger partial charge on any atom is 0.253 e. The Hall–Kier alpha value is -1.59. The van der Waals surface area contributed by atoms with Crippen molar-refractivity contribution in [3.63, 3.8) is 0 Å². The molecule has 0 saturated heterocycles. The average Bonchev–Trinajstić information content (AvgIpc) is 2.49. The van der Waals surface area contributed by atoms with E-state index < -0.39 is 0 Å². The van der Waals surface area contributed by atoms with Gasteiger partial charge in [-0.2, -0.15) is 0 Å². The highest BCUT2D eigenvalue weighted by Crippen LogP contribution is 2.17. The van der Waals surface area contributed by atoms with E-state index >= 15 is 0 Å². The van der Waals surface area contributed by atoms with Crippen LogP contribution in [0, 0.1) is 6.92 Å². The zero-order valence-corrected chi connectivity index (χ0v) is 13.4. The lowest BCUT2D eigenvalue weighted by molar-refractivity contribution is 0.0285. The standard InChI is InChI=1S/C16H26N2O3/c1-5-8-17-15-9-12(2)6-7-14(15)16(19)18-10-13(21-4)11-20-3/h6-7,9,13,17H,5,8,10-11H2,1-4H3,(H,18,19). The van der Waals surface area contributed by atoms with Crippen LogP contribution in [0.1, 0.15) is 29.3 Å². The molecule has 0 bridgehead atoms. The molecule has 1 unspecified atom stereocenters. The molecule has 2 N–H and O–H groups in total. The Kier molecular flexibility index (Phi) is 7.79. The van der Waals surface area contributed by atoms with E-state index in [4.69, 9.17) is 9.47 Å². The van der Waals surface area contributed by atoms with Gasteiger partial charge in [-0.25, -0.2) is 0 Å². The van der Waals surface area contributed by atoms with Crippen molar-refractivity contribution in [2.45, 2.75) is 26.4 Å². The van der Waals surface area contributed by atoms with Gasteiger partial charge in [0.1, 0.15) is 0 Å². The largest absolute Gasteiger partial charge is 0.384 e. The first-order valence-electron chi connectivity index (χ1n) is 7.26. The van der Waals surface area contributed by atoms with Crippen molar-refractivity contribution in [2.75, 3.05) is 39.2 Å². The minimum Gasteiger partial charge on any atom is -0.384 e. The molecule has 0 aliphatic rings. The summed E-state index contributed by atoms with van der Waals surface area (Å²) in [5.41, 5.74) is 2.65. The minimum absolute atomic E-state index is 0.105. The molecule has 5 nitrogen and oxygen atoms in total. The van der Waals surface area contributed by atoms with Gasteiger partial charge in [0.05, 0.1) is 18.3 Å². The van der Waals surface area contributed by atoms with Gasteiger partial charge in [-0.1, -0.05) is 13.0 Å². The smallest absolute Gasteiger partial charge is 0.253 e. The van der Waals surface area contributed by atoms with Gasteiger partial charge < -0.3 is 20.1 Å². The number of amides is 1. The van der Waals surface area contributed by atoms with Crippen molar-refractivity contribution in [2.24, 2.45) is 0 Å². The van der Waals surface area contributed by atoms with Crippen molar-refractivity contribution >= 4 is 11.6 Å². The zero-order chi connectivity index (χ0) is 15.7. The van der Waals surface area contributed by atoms with Crippen LogP contribution >= 0.6 is 0 Å². The molecule has 5 heteroatoms. The summed E-state index contributed by atoms with van der Waals surface area (Å²) in [6.07, 6.45) is 0.866. The first-order valence-corrected chi connectivity index (χ1v) is 7.26. The van der Waals surface area contributed by atoms with Gasteiger partial charge >= 0.3 is 0 Å². The van der Waals surface area contributed by atoms with Crippen LogP contribution < -0.4 is 10.6 Å². The first kappa shape index (κ1) is 17.5. The molecule has 1 amide bonds. The van der Waals surface area contributed by atoms with Gasteiger partial charge in [0, 0.05) is 33.0 Å². The molecule has 118 valence electrons. The van der Waals surface area contributed by atoms with Crippen molar-refractivity contribution in [3.05, 3.63) is 29.3 Å². The van der Waals surface area contributed by atoms with Crippen molar-refractivity contribution < 1.29 is 14.3 Å². The SMILES string of the molecule is CCCNc1cc(C)ccc1C(=O)NCC(COC)OC. The lowest BCUT2D eigenvalue weighted by atomic mass is 10.1. The van der Waals surface area contributed by atoms with Gasteiger partial charge in [0.15, 0.2) is 0 Å². The van der Waals surface area contributed by atoms with Crippen LogP contribution in [0.3, 0.4) is 0 Å². The Morgan fingerprint density at radius 3 is 2.71 bits per heavy atom. The van der Waals surface area contributed by atoms with Gasteiger partial charge in [0.25, 0.3) is 5.91 Å². The number of rotatable bonds is 9. The number of carbonyl (C=O) groups is 1. The van der Waals surface area contributed by atoms with E-state index in [-0.39, 0.29) is 12.0 Å². The maximum absolute atomic E-state index is 12.3. The normalized spacial score (nSPS) is 12.0. The Labute approximate surface area is 127 Å². The molecule has 0 spiro atoms. The summed E-state index contributed by atoms with van der Waals surface area (Å²) in [5, 5.41) is 6.18. The number of nitrogens with one attached hydrogen (secondary N) is 2. The zero-order valence-electron chi connectivity index (χ0n) is 13.4. The highest BCUT2D eigenvalue weighted by molar-refractivity contribution is 5.99. The second kappa shape index (κ2) is 9.37. The summed E-state index contributed by atoms with van der Waals surface area (Å²) in [7, 11) is 3.22. The van der Waals surface area contributed by atoms with E-state index in [1.807, 2.05) is 25.1 Å². The molecule has 1 aromatic rings. The van der Waals surface area contributed by atoms with Gasteiger partial charge in [0.2, 0.25) is 0 Å². The minimum atomic E-state index is -0.142. The quantitative estimate of drug-likeness (QED) is 0.733. The Morgan fingerprint density at radius 2 is 2.10 bits per heavy atom. The Balaban J connectivity index is 2.72. The summed E-state index contributed by atoms with van der Waals surface area (Å²) in [5.74, 6) is -0.105. The number of aryl methyl sites for hydroxylation is 1. The molecule has 0 fully saturated rings. The molecule has 0 saturated carbocycles. The van der Waals surface area contributed by atoms with Gasteiger partial charge in [-0.15, -0.1) is 0 Å². The Bertz CT molecular complexity index is 449. The van der Waals surface area contributed by atoms with E-state index in [0.717, 1.165) is 24.2 Å². The Morgan fingerprint density at radius 1 is 1.33 bits per heavy atom. The van der Waals surface area contributed by atoms with Gasteiger partial charge in [-0.05, 0) is 31.0 Å². The van der Waals surface area contributed by atoms with Crippen LogP contribution in [0.5, 0.6) is 0 Å². The molecule has 0 aromatic heterocycles. The number of anilines is 1. The number of ether oxygens (including phenoxy) is 2. The van der Waals surface area contributed by atoms with Crippen LogP contribution in [0.25, 0.3) is 0 Å². The van der Waals surface area contributed by atoms with Crippen LogP contribution in [0.4, 0.5) is 5.69 Å². The average molecular weight is 294 g/mol. The third kappa shape index (κ3) is 5.73. The summed E-state index contributed by atoms with van der Waals surface area (Å²) in [6.45, 7) is 5.82. The predicted octanol–water partition coefficient (Wildman–Crippen LogP) is 2.21. The third-order valence-corrected chi connectivity index (χ3v) is 3.16. The lowest BCUT2D eigenvalue weighted by Gasteiger charge is -2.16. The van der Waals surface area contributed by atoms with E-state index in [1.54, 1.807) is 14.2 Å². The molecule has 0 heterocycles. The highest BCUT2D eigenvalue weighted by Gasteiger charge is 2.14. The second-order valence-electron chi connectivity index (χ2n) is 5.00. The van der Waals surface area contributed by atoms with E-state index in [0.29, 0.717) is 18.7 Å². The molecule has 1 aromatic carbocycles. The molecule has 1 rings (SSSR count). The molecule has 0 aliphatic carbocycles. The molecular weight excluding hydrogens is 268 g/mol. The fourth-order valence-electron chi connectivity index (χ4n) is 1.96. The first-order chi connectivity index (χ1) is 10.1. The summed E-state index contributed by atoms with van der Waals surface area (Å²) in [6, 6.07) is 5.78. The predicted molar refractivity (Wildman–Crippen MR) is 85.0 cm³/mol. The molecule has 1 atom stereocenters. The molecule has 0 aliphatic heterocycles. The topological polar surface area (TPSA) is 59.6 Å². The van der Waals surface area contributed by atoms with Crippen molar-refractivity contribution in [3.8, 4) is 0 Å². The van der Waals surface area contributed by atoms with E-state index in [1.165, 1.54) is 0 Å². The molecule has 0 radical (unpaired) electrons. The molecule has 21 heavy (non-hydrogen) atoms. The number of carbonyl (C=O) groups excluding carboxylic acids is 1. The van der Waals surface area contributed by atoms with E-state index in [2.05, 4.69) is 17.6 Å². The number of hydrogen-bond donors (Lipinski definition) is 2. The summed E-state index contributed by atoms with van der Waals surface area (Å²) >= 11 is 0. The van der Waals surface area contributed by atoms with Crippen molar-refractivity contribution in [1.82, 2.24) is 5.32 Å².